The van der Waals surface area contributed by atoms with Crippen LogP contribution < -0.4 is 0 Å². The minimum Gasteiger partial charge on any atom is -0.245 e. The molecule has 6 heteroatoms. The van der Waals surface area contributed by atoms with Crippen LogP contribution in [0.15, 0.2) is 53.7 Å². The van der Waals surface area contributed by atoms with E-state index in [0.717, 1.165) is 0 Å². The van der Waals surface area contributed by atoms with Gasteiger partial charge >= 0.3 is 0 Å². The van der Waals surface area contributed by atoms with Gasteiger partial charge < -0.3 is 0 Å². The van der Waals surface area contributed by atoms with Crippen molar-refractivity contribution >= 4 is 21.4 Å². The van der Waals surface area contributed by atoms with Gasteiger partial charge in [0.2, 0.25) is 15.3 Å². The number of rotatable bonds is 3. The standard InChI is InChI=1S/C12H9ClFNO2S/c13-10-6-4-9(5-7-10)12(14)18(16,17)11-3-1-2-8-15-11/h1-8,12H. The molecule has 1 heterocycles. The van der Waals surface area contributed by atoms with Gasteiger partial charge in [-0.1, -0.05) is 29.8 Å². The van der Waals surface area contributed by atoms with Crippen LogP contribution in [-0.2, 0) is 9.84 Å². The summed E-state index contributed by atoms with van der Waals surface area (Å²) >= 11 is 5.66. The number of aromatic nitrogens is 1. The van der Waals surface area contributed by atoms with Crippen molar-refractivity contribution in [3.8, 4) is 0 Å². The largest absolute Gasteiger partial charge is 0.245 e. The first-order valence-electron chi connectivity index (χ1n) is 5.06. The number of hydrogen-bond acceptors (Lipinski definition) is 3. The van der Waals surface area contributed by atoms with Gasteiger partial charge in [0.05, 0.1) is 0 Å². The zero-order valence-electron chi connectivity index (χ0n) is 9.12. The summed E-state index contributed by atoms with van der Waals surface area (Å²) in [7, 11) is -4.13. The Hall–Kier alpha value is -1.46. The second-order valence-corrected chi connectivity index (χ2v) is 5.94. The van der Waals surface area contributed by atoms with Crippen LogP contribution in [0.4, 0.5) is 4.39 Å². The molecule has 0 saturated carbocycles. The molecule has 0 spiro atoms. The number of halogens is 2. The van der Waals surface area contributed by atoms with Crippen LogP contribution >= 0.6 is 11.6 Å². The number of hydrogen-bond donors (Lipinski definition) is 0. The summed E-state index contributed by atoms with van der Waals surface area (Å²) in [4.78, 5) is 3.66. The molecule has 0 amide bonds. The molecule has 1 atom stereocenters. The van der Waals surface area contributed by atoms with E-state index in [1.165, 1.54) is 42.6 Å². The fourth-order valence-corrected chi connectivity index (χ4v) is 2.74. The first-order valence-corrected chi connectivity index (χ1v) is 6.99. The Kier molecular flexibility index (Phi) is 3.63. The molecule has 18 heavy (non-hydrogen) atoms. The van der Waals surface area contributed by atoms with E-state index >= 15 is 0 Å². The molecule has 0 saturated heterocycles. The second kappa shape index (κ2) is 5.04. The van der Waals surface area contributed by atoms with E-state index in [0.29, 0.717) is 5.02 Å². The topological polar surface area (TPSA) is 47.0 Å². The number of alkyl halides is 1. The average molecular weight is 286 g/mol. The summed E-state index contributed by atoms with van der Waals surface area (Å²) in [5, 5.41) is 0.133. The molecule has 3 nitrogen and oxygen atoms in total. The van der Waals surface area contributed by atoms with Crippen molar-refractivity contribution in [3.63, 3.8) is 0 Å². The molecule has 94 valence electrons. The molecule has 0 N–H and O–H groups in total. The monoisotopic (exact) mass is 285 g/mol. The van der Waals surface area contributed by atoms with Gasteiger partial charge in [0.15, 0.2) is 5.03 Å². The molecule has 1 aromatic heterocycles. The van der Waals surface area contributed by atoms with Crippen molar-refractivity contribution in [1.82, 2.24) is 4.98 Å². The summed E-state index contributed by atoms with van der Waals surface area (Å²) < 4.78 is 38.0. The lowest BCUT2D eigenvalue weighted by atomic mass is 10.2. The summed E-state index contributed by atoms with van der Waals surface area (Å²) in [6, 6.07) is 9.89. The van der Waals surface area contributed by atoms with Gasteiger partial charge in [0.1, 0.15) is 0 Å². The highest BCUT2D eigenvalue weighted by Gasteiger charge is 2.29. The molecular formula is C12H9ClFNO2S. The third-order valence-corrected chi connectivity index (χ3v) is 4.23. The molecule has 0 radical (unpaired) electrons. The smallest absolute Gasteiger partial charge is 0.231 e. The Balaban J connectivity index is 2.39. The maximum atomic E-state index is 14.1. The van der Waals surface area contributed by atoms with E-state index in [-0.39, 0.29) is 10.6 Å². The predicted octanol–water partition coefficient (Wildman–Crippen LogP) is 3.18. The summed E-state index contributed by atoms with van der Waals surface area (Å²) in [6.45, 7) is 0. The SMILES string of the molecule is O=S(=O)(c1ccccn1)C(F)c1ccc(Cl)cc1. The van der Waals surface area contributed by atoms with Gasteiger partial charge in [-0.15, -0.1) is 0 Å². The molecule has 0 fully saturated rings. The fraction of sp³-hybridized carbons (Fsp3) is 0.0833. The van der Waals surface area contributed by atoms with Crippen molar-refractivity contribution < 1.29 is 12.8 Å². The fourth-order valence-electron chi connectivity index (χ4n) is 1.41. The van der Waals surface area contributed by atoms with Crippen LogP contribution in [0, 0.1) is 0 Å². The highest BCUT2D eigenvalue weighted by molar-refractivity contribution is 7.91. The van der Waals surface area contributed by atoms with Gasteiger partial charge in [-0.05, 0) is 24.3 Å². The van der Waals surface area contributed by atoms with E-state index in [1.54, 1.807) is 6.07 Å². The van der Waals surface area contributed by atoms with Crippen LogP contribution in [0.5, 0.6) is 0 Å². The van der Waals surface area contributed by atoms with Gasteiger partial charge in [0, 0.05) is 16.8 Å². The highest BCUT2D eigenvalue weighted by atomic mass is 35.5. The van der Waals surface area contributed by atoms with Crippen LogP contribution in [0.25, 0.3) is 0 Å². The molecule has 2 aromatic rings. The first kappa shape index (κ1) is 13.0. The third-order valence-electron chi connectivity index (χ3n) is 2.33. The van der Waals surface area contributed by atoms with Crippen molar-refractivity contribution in [2.75, 3.05) is 0 Å². The molecule has 0 aliphatic heterocycles. The van der Waals surface area contributed by atoms with E-state index < -0.39 is 15.3 Å². The number of sulfone groups is 1. The van der Waals surface area contributed by atoms with E-state index in [9.17, 15) is 12.8 Å². The molecule has 1 aromatic carbocycles. The molecule has 0 aliphatic carbocycles. The number of nitrogens with zero attached hydrogens (tertiary/aromatic N) is 1. The highest BCUT2D eigenvalue weighted by Crippen LogP contribution is 2.29. The second-order valence-electron chi connectivity index (χ2n) is 3.58. The van der Waals surface area contributed by atoms with Gasteiger partial charge in [-0.2, -0.15) is 0 Å². The van der Waals surface area contributed by atoms with Crippen LogP contribution in [0.1, 0.15) is 11.1 Å². The summed E-state index contributed by atoms with van der Waals surface area (Å²) in [6.07, 6.45) is 1.31. The average Bonchev–Trinajstić information content (AvgIpc) is 2.40. The summed E-state index contributed by atoms with van der Waals surface area (Å²) in [5.74, 6) is 0. The van der Waals surface area contributed by atoms with Crippen LogP contribution in [-0.4, -0.2) is 13.4 Å². The molecule has 1 unspecified atom stereocenters. The van der Waals surface area contributed by atoms with E-state index in [4.69, 9.17) is 11.6 Å². The Labute approximate surface area is 109 Å². The van der Waals surface area contributed by atoms with Crippen molar-refractivity contribution in [2.45, 2.75) is 10.5 Å². The molecule has 2 rings (SSSR count). The quantitative estimate of drug-likeness (QED) is 0.870. The zero-order valence-corrected chi connectivity index (χ0v) is 10.7. The Morgan fingerprint density at radius 3 is 2.33 bits per heavy atom. The lowest BCUT2D eigenvalue weighted by Crippen LogP contribution is -2.10. The minimum absolute atomic E-state index is 0.0325. The van der Waals surface area contributed by atoms with Gasteiger partial charge in [0.25, 0.3) is 0 Å². The van der Waals surface area contributed by atoms with Crippen LogP contribution in [0.2, 0.25) is 5.02 Å². The number of benzene rings is 1. The maximum absolute atomic E-state index is 14.1. The Morgan fingerprint density at radius 2 is 1.78 bits per heavy atom. The Bertz CT molecular complexity index is 629. The van der Waals surface area contributed by atoms with Crippen molar-refractivity contribution in [1.29, 1.82) is 0 Å². The minimum atomic E-state index is -4.13. The number of pyridine rings is 1. The maximum Gasteiger partial charge on any atom is 0.231 e. The summed E-state index contributed by atoms with van der Waals surface area (Å²) in [5.41, 5.74) is -2.12. The van der Waals surface area contributed by atoms with E-state index in [1.807, 2.05) is 0 Å². The first-order chi connectivity index (χ1) is 8.51. The predicted molar refractivity (Wildman–Crippen MR) is 66.7 cm³/mol. The van der Waals surface area contributed by atoms with Crippen LogP contribution in [0.3, 0.4) is 0 Å². The normalized spacial score (nSPS) is 13.2. The van der Waals surface area contributed by atoms with Gasteiger partial charge in [-0.3, -0.25) is 0 Å². The molecule has 0 aliphatic rings. The lowest BCUT2D eigenvalue weighted by Gasteiger charge is -2.09. The van der Waals surface area contributed by atoms with E-state index in [2.05, 4.69) is 4.98 Å². The zero-order chi connectivity index (χ0) is 13.2. The van der Waals surface area contributed by atoms with Crippen molar-refractivity contribution in [2.24, 2.45) is 0 Å². The van der Waals surface area contributed by atoms with Crippen molar-refractivity contribution in [3.05, 3.63) is 59.2 Å². The third kappa shape index (κ3) is 2.52. The lowest BCUT2D eigenvalue weighted by molar-refractivity contribution is 0.429. The van der Waals surface area contributed by atoms with Gasteiger partial charge in [-0.25, -0.2) is 17.8 Å². The Morgan fingerprint density at radius 1 is 1.11 bits per heavy atom. The molecular weight excluding hydrogens is 277 g/mol. The molecule has 0 bridgehead atoms.